The molecular formula is C30H24F6O. The first-order valence-electron chi connectivity index (χ1n) is 11.8. The van der Waals surface area contributed by atoms with E-state index in [2.05, 4.69) is 23.8 Å². The predicted molar refractivity (Wildman–Crippen MR) is 131 cm³/mol. The zero-order chi connectivity index (χ0) is 26.7. The van der Waals surface area contributed by atoms with Crippen molar-refractivity contribution in [3.63, 3.8) is 0 Å². The fourth-order valence-corrected chi connectivity index (χ4v) is 4.00. The Morgan fingerprint density at radius 3 is 1.59 bits per heavy atom. The third-order valence-electron chi connectivity index (χ3n) is 6.16. The number of hydrogen-bond acceptors (Lipinski definition) is 1. The van der Waals surface area contributed by atoms with Gasteiger partial charge in [-0.15, -0.1) is 0 Å². The summed E-state index contributed by atoms with van der Waals surface area (Å²) >= 11 is 0. The lowest BCUT2D eigenvalue weighted by molar-refractivity contribution is -0.189. The average Bonchev–Trinajstić information content (AvgIpc) is 2.85. The van der Waals surface area contributed by atoms with E-state index in [1.165, 1.54) is 5.56 Å². The fraction of sp³-hybridized carbons (Fsp3) is 0.200. The zero-order valence-corrected chi connectivity index (χ0v) is 20.2. The van der Waals surface area contributed by atoms with Crippen LogP contribution >= 0.6 is 0 Å². The standard InChI is InChI=1S/C30H24F6O/c1-3-4-5-19-6-8-20(9-7-19)21-10-12-22(13-11-21)23-14-27(33)29(28(34)15-23)30(35,36)37-24-16-25(31)18(2)26(32)17-24/h6-17H,3-5H2,1-2H3. The summed E-state index contributed by atoms with van der Waals surface area (Å²) in [5.41, 5.74) is 1.51. The lowest BCUT2D eigenvalue weighted by Gasteiger charge is -2.20. The Morgan fingerprint density at radius 1 is 0.649 bits per heavy atom. The Balaban J connectivity index is 1.57. The molecule has 1 nitrogen and oxygen atoms in total. The van der Waals surface area contributed by atoms with E-state index >= 15 is 0 Å². The molecule has 0 bridgehead atoms. The summed E-state index contributed by atoms with van der Waals surface area (Å²) in [4.78, 5) is 0. The highest BCUT2D eigenvalue weighted by Gasteiger charge is 2.41. The Labute approximate surface area is 211 Å². The summed E-state index contributed by atoms with van der Waals surface area (Å²) in [6, 6.07) is 17.5. The van der Waals surface area contributed by atoms with E-state index in [1.54, 1.807) is 24.3 Å². The molecular weight excluding hydrogens is 490 g/mol. The molecule has 0 N–H and O–H groups in total. The van der Waals surface area contributed by atoms with Crippen LogP contribution < -0.4 is 4.74 Å². The second-order valence-electron chi connectivity index (χ2n) is 8.82. The van der Waals surface area contributed by atoms with Crippen LogP contribution in [-0.4, -0.2) is 0 Å². The highest BCUT2D eigenvalue weighted by atomic mass is 19.3. The second kappa shape index (κ2) is 10.7. The zero-order valence-electron chi connectivity index (χ0n) is 20.2. The maximum absolute atomic E-state index is 14.7. The van der Waals surface area contributed by atoms with Crippen LogP contribution in [0.5, 0.6) is 5.75 Å². The van der Waals surface area contributed by atoms with Gasteiger partial charge in [0.25, 0.3) is 0 Å². The number of ether oxygens (including phenoxy) is 1. The normalized spacial score (nSPS) is 11.6. The molecule has 4 rings (SSSR count). The van der Waals surface area contributed by atoms with Crippen molar-refractivity contribution in [2.75, 3.05) is 0 Å². The molecule has 4 aromatic carbocycles. The number of rotatable bonds is 8. The van der Waals surface area contributed by atoms with Gasteiger partial charge in [-0.1, -0.05) is 61.9 Å². The van der Waals surface area contributed by atoms with Gasteiger partial charge in [-0.25, -0.2) is 17.6 Å². The molecule has 0 heterocycles. The van der Waals surface area contributed by atoms with Gasteiger partial charge >= 0.3 is 6.11 Å². The maximum atomic E-state index is 14.7. The molecule has 0 amide bonds. The minimum absolute atomic E-state index is 0.0449. The third-order valence-corrected chi connectivity index (χ3v) is 6.16. The van der Waals surface area contributed by atoms with Gasteiger partial charge in [0, 0.05) is 17.7 Å². The van der Waals surface area contributed by atoms with E-state index in [1.807, 2.05) is 12.1 Å². The molecule has 0 unspecified atom stereocenters. The van der Waals surface area contributed by atoms with Crippen molar-refractivity contribution in [1.29, 1.82) is 0 Å². The smallest absolute Gasteiger partial charge is 0.429 e. The van der Waals surface area contributed by atoms with E-state index in [4.69, 9.17) is 0 Å². The first-order chi connectivity index (χ1) is 17.6. The molecule has 0 saturated heterocycles. The van der Waals surface area contributed by atoms with Gasteiger partial charge in [-0.05, 0) is 59.7 Å². The van der Waals surface area contributed by atoms with E-state index in [0.717, 1.165) is 49.4 Å². The van der Waals surface area contributed by atoms with Gasteiger partial charge in [-0.2, -0.15) is 8.78 Å². The Bertz CT molecular complexity index is 1350. The lowest BCUT2D eigenvalue weighted by Crippen LogP contribution is -2.25. The van der Waals surface area contributed by atoms with Gasteiger partial charge in [-0.3, -0.25) is 0 Å². The monoisotopic (exact) mass is 514 g/mol. The number of hydrogen-bond donors (Lipinski definition) is 0. The number of halogens is 6. The van der Waals surface area contributed by atoms with Crippen LogP contribution in [-0.2, 0) is 12.5 Å². The minimum atomic E-state index is -4.52. The van der Waals surface area contributed by atoms with Crippen molar-refractivity contribution in [2.24, 2.45) is 0 Å². The van der Waals surface area contributed by atoms with Crippen molar-refractivity contribution < 1.29 is 31.1 Å². The van der Waals surface area contributed by atoms with Gasteiger partial charge in [0.1, 0.15) is 34.6 Å². The summed E-state index contributed by atoms with van der Waals surface area (Å²) in [6.07, 6.45) is -1.29. The van der Waals surface area contributed by atoms with Crippen LogP contribution in [0.1, 0.15) is 36.5 Å². The van der Waals surface area contributed by atoms with Crippen LogP contribution in [0.3, 0.4) is 0 Å². The van der Waals surface area contributed by atoms with Crippen molar-refractivity contribution in [3.05, 3.63) is 113 Å². The molecule has 192 valence electrons. The number of aryl methyl sites for hydroxylation is 1. The molecule has 0 spiro atoms. The highest BCUT2D eigenvalue weighted by molar-refractivity contribution is 5.71. The topological polar surface area (TPSA) is 9.23 Å². The molecule has 0 fully saturated rings. The molecule has 0 atom stereocenters. The molecule has 0 aliphatic rings. The van der Waals surface area contributed by atoms with Gasteiger partial charge < -0.3 is 4.74 Å². The Kier molecular flexibility index (Phi) is 7.62. The van der Waals surface area contributed by atoms with E-state index in [0.29, 0.717) is 17.7 Å². The van der Waals surface area contributed by atoms with Crippen molar-refractivity contribution in [1.82, 2.24) is 0 Å². The molecule has 0 aromatic heterocycles. The molecule has 7 heteroatoms. The van der Waals surface area contributed by atoms with Crippen LogP contribution in [0.25, 0.3) is 22.3 Å². The number of unbranched alkanes of at least 4 members (excludes halogenated alkanes) is 1. The summed E-state index contributed by atoms with van der Waals surface area (Å²) in [6.45, 7) is 3.25. The molecule has 4 aromatic rings. The second-order valence-corrected chi connectivity index (χ2v) is 8.82. The average molecular weight is 515 g/mol. The first-order valence-corrected chi connectivity index (χ1v) is 11.8. The summed E-state index contributed by atoms with van der Waals surface area (Å²) in [7, 11) is 0. The Morgan fingerprint density at radius 2 is 1.11 bits per heavy atom. The van der Waals surface area contributed by atoms with Crippen LogP contribution in [0.15, 0.2) is 72.8 Å². The SMILES string of the molecule is CCCCc1ccc(-c2ccc(-c3cc(F)c(C(F)(F)Oc4cc(F)c(C)c(F)c4)c(F)c3)cc2)cc1. The number of alkyl halides is 2. The van der Waals surface area contributed by atoms with Crippen molar-refractivity contribution in [2.45, 2.75) is 39.2 Å². The molecule has 0 aliphatic heterocycles. The van der Waals surface area contributed by atoms with Gasteiger partial charge in [0.2, 0.25) is 0 Å². The van der Waals surface area contributed by atoms with E-state index < -0.39 is 46.3 Å². The largest absolute Gasteiger partial charge is 0.432 e. The summed E-state index contributed by atoms with van der Waals surface area (Å²) in [5.74, 6) is -6.27. The van der Waals surface area contributed by atoms with Gasteiger partial charge in [0.05, 0.1) is 0 Å². The lowest BCUT2D eigenvalue weighted by atomic mass is 9.98. The van der Waals surface area contributed by atoms with E-state index in [9.17, 15) is 26.3 Å². The van der Waals surface area contributed by atoms with Crippen LogP contribution in [0, 0.1) is 30.2 Å². The first kappa shape index (κ1) is 26.3. The van der Waals surface area contributed by atoms with Crippen molar-refractivity contribution >= 4 is 0 Å². The third kappa shape index (κ3) is 5.82. The van der Waals surface area contributed by atoms with E-state index in [-0.39, 0.29) is 5.56 Å². The van der Waals surface area contributed by atoms with Gasteiger partial charge in [0.15, 0.2) is 0 Å². The minimum Gasteiger partial charge on any atom is -0.429 e. The molecule has 0 aliphatic carbocycles. The molecule has 0 radical (unpaired) electrons. The highest BCUT2D eigenvalue weighted by Crippen LogP contribution is 2.38. The quantitative estimate of drug-likeness (QED) is 0.213. The Hall–Kier alpha value is -3.74. The molecule has 37 heavy (non-hydrogen) atoms. The number of benzene rings is 4. The summed E-state index contributed by atoms with van der Waals surface area (Å²) < 4.78 is 90.5. The predicted octanol–water partition coefficient (Wildman–Crippen LogP) is 9.36. The summed E-state index contributed by atoms with van der Waals surface area (Å²) in [5, 5.41) is 0. The molecule has 0 saturated carbocycles. The maximum Gasteiger partial charge on any atom is 0.432 e. The van der Waals surface area contributed by atoms with Crippen molar-refractivity contribution in [3.8, 4) is 28.0 Å². The van der Waals surface area contributed by atoms with Crippen LogP contribution in [0.2, 0.25) is 0 Å². The van der Waals surface area contributed by atoms with Crippen LogP contribution in [0.4, 0.5) is 26.3 Å². The fourth-order valence-electron chi connectivity index (χ4n) is 4.00.